The zero-order chi connectivity index (χ0) is 20.5. The van der Waals surface area contributed by atoms with Crippen LogP contribution in [-0.4, -0.2) is 38.2 Å². The number of nitrogens with zero attached hydrogens (tertiary/aromatic N) is 4. The topological polar surface area (TPSA) is 60.1 Å². The van der Waals surface area contributed by atoms with Crippen LogP contribution in [0.15, 0.2) is 53.3 Å². The number of benzene rings is 2. The van der Waals surface area contributed by atoms with Crippen LogP contribution < -0.4 is 5.69 Å². The molecule has 150 valence electrons. The number of amides is 1. The molecule has 0 N–H and O–H groups in total. The highest BCUT2D eigenvalue weighted by molar-refractivity contribution is 5.94. The van der Waals surface area contributed by atoms with Gasteiger partial charge in [0.2, 0.25) is 0 Å². The molecule has 0 saturated carbocycles. The first-order chi connectivity index (χ1) is 14.0. The van der Waals surface area contributed by atoms with E-state index in [4.69, 9.17) is 0 Å². The second-order valence-electron chi connectivity index (χ2n) is 7.15. The maximum atomic E-state index is 13.5. The number of rotatable bonds is 3. The van der Waals surface area contributed by atoms with Crippen LogP contribution in [0.1, 0.15) is 34.9 Å². The number of carbonyl (C=O) groups is 1. The minimum Gasteiger partial charge on any atom is -0.338 e. The molecule has 1 aliphatic rings. The van der Waals surface area contributed by atoms with E-state index in [2.05, 4.69) is 5.10 Å². The number of aryl methyl sites for hydroxylation is 1. The van der Waals surface area contributed by atoms with E-state index in [1.165, 1.54) is 10.7 Å². The SMILES string of the molecule is Cn1nc(C2CCCN(C(=O)c3ccc(F)c(F)c3)C2)n(-c2ccccc2)c1=O. The Morgan fingerprint density at radius 1 is 1.10 bits per heavy atom. The highest BCUT2D eigenvalue weighted by Crippen LogP contribution is 2.27. The molecule has 0 aliphatic carbocycles. The number of hydrogen-bond donors (Lipinski definition) is 0. The molecule has 0 spiro atoms. The Kier molecular flexibility index (Phi) is 5.00. The van der Waals surface area contributed by atoms with Gasteiger partial charge in [-0.1, -0.05) is 18.2 Å². The molecular weight excluding hydrogens is 378 g/mol. The lowest BCUT2D eigenvalue weighted by Crippen LogP contribution is -2.40. The van der Waals surface area contributed by atoms with Gasteiger partial charge in [-0.05, 0) is 43.2 Å². The average molecular weight is 398 g/mol. The van der Waals surface area contributed by atoms with Crippen LogP contribution >= 0.6 is 0 Å². The second kappa shape index (κ2) is 7.62. The van der Waals surface area contributed by atoms with E-state index in [9.17, 15) is 18.4 Å². The van der Waals surface area contributed by atoms with Gasteiger partial charge in [0, 0.05) is 31.6 Å². The van der Waals surface area contributed by atoms with Crippen molar-refractivity contribution in [3.8, 4) is 5.69 Å². The minimum atomic E-state index is -1.05. The second-order valence-corrected chi connectivity index (χ2v) is 7.15. The van der Waals surface area contributed by atoms with Crippen molar-refractivity contribution in [2.24, 2.45) is 7.05 Å². The van der Waals surface area contributed by atoms with Crippen LogP contribution in [0.4, 0.5) is 8.78 Å². The molecule has 1 aromatic heterocycles. The molecule has 1 aliphatic heterocycles. The van der Waals surface area contributed by atoms with Crippen molar-refractivity contribution in [3.63, 3.8) is 0 Å². The zero-order valence-electron chi connectivity index (χ0n) is 15.9. The molecule has 4 rings (SSSR count). The van der Waals surface area contributed by atoms with Gasteiger partial charge in [0.05, 0.1) is 5.69 Å². The van der Waals surface area contributed by atoms with Crippen LogP contribution in [-0.2, 0) is 7.05 Å². The molecule has 6 nitrogen and oxygen atoms in total. The Balaban J connectivity index is 1.64. The Bertz CT molecular complexity index is 1110. The third kappa shape index (κ3) is 3.57. The van der Waals surface area contributed by atoms with Gasteiger partial charge in [0.25, 0.3) is 5.91 Å². The third-order valence-corrected chi connectivity index (χ3v) is 5.20. The predicted octanol–water partition coefficient (Wildman–Crippen LogP) is 2.87. The summed E-state index contributed by atoms with van der Waals surface area (Å²) < 4.78 is 29.6. The molecule has 0 radical (unpaired) electrons. The smallest absolute Gasteiger partial charge is 0.338 e. The summed E-state index contributed by atoms with van der Waals surface area (Å²) in [5.74, 6) is -1.96. The van der Waals surface area contributed by atoms with E-state index in [1.54, 1.807) is 16.5 Å². The van der Waals surface area contributed by atoms with Gasteiger partial charge in [-0.3, -0.25) is 4.79 Å². The van der Waals surface area contributed by atoms with Crippen LogP contribution in [0.25, 0.3) is 5.69 Å². The molecule has 2 heterocycles. The Hall–Kier alpha value is -3.29. The first kappa shape index (κ1) is 19.0. The molecule has 1 fully saturated rings. The lowest BCUT2D eigenvalue weighted by Gasteiger charge is -2.32. The van der Waals surface area contributed by atoms with Gasteiger partial charge in [0.1, 0.15) is 5.82 Å². The molecule has 1 unspecified atom stereocenters. The number of carbonyl (C=O) groups excluding carboxylic acids is 1. The van der Waals surface area contributed by atoms with Crippen molar-refractivity contribution >= 4 is 5.91 Å². The molecule has 1 amide bonds. The van der Waals surface area contributed by atoms with Crippen molar-refractivity contribution in [2.75, 3.05) is 13.1 Å². The first-order valence-electron chi connectivity index (χ1n) is 9.41. The Morgan fingerprint density at radius 2 is 1.86 bits per heavy atom. The lowest BCUT2D eigenvalue weighted by molar-refractivity contribution is 0.0703. The van der Waals surface area contributed by atoms with E-state index in [1.807, 2.05) is 30.3 Å². The molecule has 0 bridgehead atoms. The number of piperidine rings is 1. The van der Waals surface area contributed by atoms with Crippen LogP contribution in [0, 0.1) is 11.6 Å². The summed E-state index contributed by atoms with van der Waals surface area (Å²) in [5.41, 5.74) is 0.561. The predicted molar refractivity (Wildman–Crippen MR) is 103 cm³/mol. The standard InChI is InChI=1S/C21H20F2N4O2/c1-25-21(29)27(16-7-3-2-4-8-16)19(24-25)15-6-5-11-26(13-15)20(28)14-9-10-17(22)18(23)12-14/h2-4,7-10,12,15H,5-6,11,13H2,1H3. The summed E-state index contributed by atoms with van der Waals surface area (Å²) in [6, 6.07) is 12.4. The number of aromatic nitrogens is 3. The van der Waals surface area contributed by atoms with Crippen LogP contribution in [0.2, 0.25) is 0 Å². The lowest BCUT2D eigenvalue weighted by atomic mass is 9.96. The van der Waals surface area contributed by atoms with Gasteiger partial charge in [-0.2, -0.15) is 5.10 Å². The first-order valence-corrected chi connectivity index (χ1v) is 9.41. The number of para-hydroxylation sites is 1. The number of likely N-dealkylation sites (tertiary alicyclic amines) is 1. The number of halogens is 2. The quantitative estimate of drug-likeness (QED) is 0.682. The van der Waals surface area contributed by atoms with E-state index in [0.717, 1.165) is 25.0 Å². The summed E-state index contributed by atoms with van der Waals surface area (Å²) >= 11 is 0. The van der Waals surface area contributed by atoms with Crippen LogP contribution in [0.5, 0.6) is 0 Å². The van der Waals surface area contributed by atoms with Gasteiger partial charge in [-0.15, -0.1) is 0 Å². The fraction of sp³-hybridized carbons (Fsp3) is 0.286. The van der Waals surface area contributed by atoms with Crippen molar-refractivity contribution < 1.29 is 13.6 Å². The van der Waals surface area contributed by atoms with Crippen LogP contribution in [0.3, 0.4) is 0 Å². The monoisotopic (exact) mass is 398 g/mol. The van der Waals surface area contributed by atoms with Gasteiger partial charge < -0.3 is 4.90 Å². The van der Waals surface area contributed by atoms with E-state index in [0.29, 0.717) is 24.6 Å². The number of hydrogen-bond acceptors (Lipinski definition) is 3. The summed E-state index contributed by atoms with van der Waals surface area (Å²) in [5, 5.41) is 4.42. The summed E-state index contributed by atoms with van der Waals surface area (Å²) in [7, 11) is 1.60. The highest BCUT2D eigenvalue weighted by atomic mass is 19.2. The summed E-state index contributed by atoms with van der Waals surface area (Å²) in [4.78, 5) is 27.1. The largest absolute Gasteiger partial charge is 0.350 e. The zero-order valence-corrected chi connectivity index (χ0v) is 15.9. The molecular formula is C21H20F2N4O2. The molecule has 1 atom stereocenters. The van der Waals surface area contributed by atoms with E-state index >= 15 is 0 Å². The average Bonchev–Trinajstić information content (AvgIpc) is 3.05. The third-order valence-electron chi connectivity index (χ3n) is 5.20. The van der Waals surface area contributed by atoms with Gasteiger partial charge in [0.15, 0.2) is 11.6 Å². The van der Waals surface area contributed by atoms with Crippen molar-refractivity contribution in [2.45, 2.75) is 18.8 Å². The minimum absolute atomic E-state index is 0.103. The highest BCUT2D eigenvalue weighted by Gasteiger charge is 2.30. The molecule has 1 saturated heterocycles. The van der Waals surface area contributed by atoms with E-state index in [-0.39, 0.29) is 23.1 Å². The normalized spacial score (nSPS) is 16.8. The van der Waals surface area contributed by atoms with Gasteiger partial charge >= 0.3 is 5.69 Å². The van der Waals surface area contributed by atoms with Crippen molar-refractivity contribution in [3.05, 3.63) is 82.0 Å². The maximum absolute atomic E-state index is 13.5. The fourth-order valence-corrected chi connectivity index (χ4v) is 3.75. The Morgan fingerprint density at radius 3 is 2.59 bits per heavy atom. The fourth-order valence-electron chi connectivity index (χ4n) is 3.75. The van der Waals surface area contributed by atoms with E-state index < -0.39 is 11.6 Å². The molecule has 29 heavy (non-hydrogen) atoms. The van der Waals surface area contributed by atoms with Crippen molar-refractivity contribution in [1.29, 1.82) is 0 Å². The maximum Gasteiger partial charge on any atom is 0.350 e. The summed E-state index contributed by atoms with van der Waals surface area (Å²) in [6.07, 6.45) is 1.49. The Labute approximate surface area is 166 Å². The molecule has 3 aromatic rings. The molecule has 2 aromatic carbocycles. The van der Waals surface area contributed by atoms with Gasteiger partial charge in [-0.25, -0.2) is 22.8 Å². The summed E-state index contributed by atoms with van der Waals surface area (Å²) in [6.45, 7) is 0.859. The molecule has 8 heteroatoms. The van der Waals surface area contributed by atoms with Crippen molar-refractivity contribution in [1.82, 2.24) is 19.2 Å².